The number of allylic oxidation sites excluding steroid dienone is 1. The first-order chi connectivity index (χ1) is 5.88. The molecule has 0 aromatic carbocycles. The highest BCUT2D eigenvalue weighted by atomic mass is 14.9. The van der Waals surface area contributed by atoms with E-state index in [9.17, 15) is 0 Å². The SMILES string of the molecule is C=C(C)CCC(NCC)C(C)(C)C. The summed E-state index contributed by atoms with van der Waals surface area (Å²) in [6.07, 6.45) is 2.33. The molecule has 0 spiro atoms. The van der Waals surface area contributed by atoms with E-state index >= 15 is 0 Å². The maximum absolute atomic E-state index is 3.94. The third-order valence-corrected chi connectivity index (χ3v) is 2.36. The minimum absolute atomic E-state index is 0.353. The van der Waals surface area contributed by atoms with E-state index in [4.69, 9.17) is 0 Å². The summed E-state index contributed by atoms with van der Waals surface area (Å²) in [5.74, 6) is 0. The van der Waals surface area contributed by atoms with Gasteiger partial charge in [0.25, 0.3) is 0 Å². The molecule has 1 unspecified atom stereocenters. The van der Waals surface area contributed by atoms with Gasteiger partial charge in [-0.2, -0.15) is 0 Å². The second-order valence-electron chi connectivity index (χ2n) is 4.97. The van der Waals surface area contributed by atoms with Crippen molar-refractivity contribution in [1.29, 1.82) is 0 Å². The van der Waals surface area contributed by atoms with Crippen LogP contribution in [0.1, 0.15) is 47.5 Å². The Morgan fingerprint density at radius 1 is 1.38 bits per heavy atom. The maximum atomic E-state index is 3.94. The van der Waals surface area contributed by atoms with Gasteiger partial charge in [0.2, 0.25) is 0 Å². The van der Waals surface area contributed by atoms with Gasteiger partial charge >= 0.3 is 0 Å². The summed E-state index contributed by atoms with van der Waals surface area (Å²) in [5.41, 5.74) is 1.64. The summed E-state index contributed by atoms with van der Waals surface area (Å²) in [6, 6.07) is 0.606. The van der Waals surface area contributed by atoms with Crippen molar-refractivity contribution in [2.75, 3.05) is 6.54 Å². The van der Waals surface area contributed by atoms with E-state index < -0.39 is 0 Å². The monoisotopic (exact) mass is 183 g/mol. The molecular formula is C12H25N. The molecule has 0 saturated carbocycles. The van der Waals surface area contributed by atoms with Gasteiger partial charge in [-0.05, 0) is 31.7 Å². The Morgan fingerprint density at radius 2 is 1.92 bits per heavy atom. The molecule has 0 amide bonds. The Bertz CT molecular complexity index is 153. The van der Waals surface area contributed by atoms with E-state index in [0.29, 0.717) is 11.5 Å². The first-order valence-electron chi connectivity index (χ1n) is 5.25. The fourth-order valence-electron chi connectivity index (χ4n) is 1.48. The minimum atomic E-state index is 0.353. The average Bonchev–Trinajstić information content (AvgIpc) is 1.95. The standard InChI is InChI=1S/C12H25N/c1-7-13-11(12(4,5)6)9-8-10(2)3/h11,13H,2,7-9H2,1,3-6H3. The van der Waals surface area contributed by atoms with Crippen molar-refractivity contribution < 1.29 is 0 Å². The molecule has 0 aromatic rings. The van der Waals surface area contributed by atoms with Gasteiger partial charge in [-0.15, -0.1) is 6.58 Å². The molecular weight excluding hydrogens is 158 g/mol. The number of rotatable bonds is 5. The topological polar surface area (TPSA) is 12.0 Å². The molecule has 0 fully saturated rings. The van der Waals surface area contributed by atoms with Crippen LogP contribution in [0.15, 0.2) is 12.2 Å². The summed E-state index contributed by atoms with van der Waals surface area (Å²) >= 11 is 0. The summed E-state index contributed by atoms with van der Waals surface area (Å²) < 4.78 is 0. The average molecular weight is 183 g/mol. The molecule has 0 aliphatic heterocycles. The van der Waals surface area contributed by atoms with Crippen molar-refractivity contribution >= 4 is 0 Å². The van der Waals surface area contributed by atoms with E-state index in [1.165, 1.54) is 12.0 Å². The number of hydrogen-bond acceptors (Lipinski definition) is 1. The summed E-state index contributed by atoms with van der Waals surface area (Å²) in [7, 11) is 0. The normalized spacial score (nSPS) is 14.2. The van der Waals surface area contributed by atoms with Crippen LogP contribution < -0.4 is 5.32 Å². The Kier molecular flexibility index (Phi) is 5.31. The van der Waals surface area contributed by atoms with E-state index in [-0.39, 0.29) is 0 Å². The van der Waals surface area contributed by atoms with Crippen LogP contribution in [0, 0.1) is 5.41 Å². The fourth-order valence-corrected chi connectivity index (χ4v) is 1.48. The number of nitrogens with one attached hydrogen (secondary N) is 1. The van der Waals surface area contributed by atoms with Crippen molar-refractivity contribution in [3.63, 3.8) is 0 Å². The summed E-state index contributed by atoms with van der Waals surface area (Å²) in [5, 5.41) is 3.54. The van der Waals surface area contributed by atoms with Crippen LogP contribution in [0.3, 0.4) is 0 Å². The van der Waals surface area contributed by atoms with Gasteiger partial charge < -0.3 is 5.32 Å². The van der Waals surface area contributed by atoms with Crippen LogP contribution in [-0.4, -0.2) is 12.6 Å². The quantitative estimate of drug-likeness (QED) is 0.644. The lowest BCUT2D eigenvalue weighted by atomic mass is 9.83. The molecule has 1 heteroatoms. The highest BCUT2D eigenvalue weighted by Gasteiger charge is 2.22. The first-order valence-corrected chi connectivity index (χ1v) is 5.25. The largest absolute Gasteiger partial charge is 0.314 e. The summed E-state index contributed by atoms with van der Waals surface area (Å²) in [6.45, 7) is 16.1. The van der Waals surface area contributed by atoms with Crippen molar-refractivity contribution in [3.05, 3.63) is 12.2 Å². The van der Waals surface area contributed by atoms with Gasteiger partial charge in [0.05, 0.1) is 0 Å². The zero-order chi connectivity index (χ0) is 10.5. The molecule has 1 nitrogen and oxygen atoms in total. The van der Waals surface area contributed by atoms with Crippen molar-refractivity contribution in [2.45, 2.75) is 53.5 Å². The predicted octanol–water partition coefficient (Wildman–Crippen LogP) is 3.37. The van der Waals surface area contributed by atoms with Crippen LogP contribution in [0.25, 0.3) is 0 Å². The summed E-state index contributed by atoms with van der Waals surface area (Å²) in [4.78, 5) is 0. The zero-order valence-electron chi connectivity index (χ0n) is 9.91. The van der Waals surface area contributed by atoms with Crippen LogP contribution in [-0.2, 0) is 0 Å². The molecule has 0 radical (unpaired) electrons. The zero-order valence-corrected chi connectivity index (χ0v) is 9.91. The van der Waals surface area contributed by atoms with Crippen LogP contribution in [0.5, 0.6) is 0 Å². The Hall–Kier alpha value is -0.300. The van der Waals surface area contributed by atoms with Crippen molar-refractivity contribution in [1.82, 2.24) is 5.32 Å². The van der Waals surface area contributed by atoms with Gasteiger partial charge in [-0.25, -0.2) is 0 Å². The molecule has 0 aromatic heterocycles. The molecule has 0 heterocycles. The third kappa shape index (κ3) is 5.87. The van der Waals surface area contributed by atoms with Crippen molar-refractivity contribution in [2.24, 2.45) is 5.41 Å². The molecule has 0 aliphatic carbocycles. The fraction of sp³-hybridized carbons (Fsp3) is 0.833. The van der Waals surface area contributed by atoms with Gasteiger partial charge in [0, 0.05) is 6.04 Å². The smallest absolute Gasteiger partial charge is 0.0118 e. The first kappa shape index (κ1) is 12.7. The molecule has 1 atom stereocenters. The minimum Gasteiger partial charge on any atom is -0.314 e. The second kappa shape index (κ2) is 5.43. The van der Waals surface area contributed by atoms with Gasteiger partial charge in [-0.1, -0.05) is 33.3 Å². The van der Waals surface area contributed by atoms with Crippen LogP contribution in [0.4, 0.5) is 0 Å². The lowest BCUT2D eigenvalue weighted by Gasteiger charge is -2.31. The lowest BCUT2D eigenvalue weighted by Crippen LogP contribution is -2.40. The Balaban J connectivity index is 4.02. The molecule has 1 N–H and O–H groups in total. The van der Waals surface area contributed by atoms with E-state index in [1.807, 2.05) is 0 Å². The molecule has 0 aliphatic rings. The van der Waals surface area contributed by atoms with Crippen LogP contribution in [0.2, 0.25) is 0 Å². The van der Waals surface area contributed by atoms with Gasteiger partial charge in [0.1, 0.15) is 0 Å². The van der Waals surface area contributed by atoms with E-state index in [2.05, 4.69) is 46.5 Å². The molecule has 0 rings (SSSR count). The molecule has 13 heavy (non-hydrogen) atoms. The predicted molar refractivity (Wildman–Crippen MR) is 61.0 cm³/mol. The van der Waals surface area contributed by atoms with Gasteiger partial charge in [-0.3, -0.25) is 0 Å². The maximum Gasteiger partial charge on any atom is 0.0118 e. The van der Waals surface area contributed by atoms with Crippen LogP contribution >= 0.6 is 0 Å². The van der Waals surface area contributed by atoms with E-state index in [0.717, 1.165) is 13.0 Å². The highest BCUT2D eigenvalue weighted by molar-refractivity contribution is 4.91. The Labute approximate surface area is 83.6 Å². The Morgan fingerprint density at radius 3 is 2.23 bits per heavy atom. The molecule has 0 saturated heterocycles. The van der Waals surface area contributed by atoms with E-state index in [1.54, 1.807) is 0 Å². The number of hydrogen-bond donors (Lipinski definition) is 1. The van der Waals surface area contributed by atoms with Gasteiger partial charge in [0.15, 0.2) is 0 Å². The second-order valence-corrected chi connectivity index (χ2v) is 4.97. The molecule has 0 bridgehead atoms. The molecule has 78 valence electrons. The lowest BCUT2D eigenvalue weighted by molar-refractivity contribution is 0.258. The third-order valence-electron chi connectivity index (χ3n) is 2.36. The van der Waals surface area contributed by atoms with Crippen molar-refractivity contribution in [3.8, 4) is 0 Å². The highest BCUT2D eigenvalue weighted by Crippen LogP contribution is 2.23.